The first-order valence-corrected chi connectivity index (χ1v) is 6.45. The van der Waals surface area contributed by atoms with Gasteiger partial charge in [0.25, 0.3) is 0 Å². The monoisotopic (exact) mass is 249 g/mol. The van der Waals surface area contributed by atoms with E-state index in [1.807, 2.05) is 36.6 Å². The summed E-state index contributed by atoms with van der Waals surface area (Å²) in [5.41, 5.74) is 1.94. The van der Waals surface area contributed by atoms with Gasteiger partial charge >= 0.3 is 0 Å². The van der Waals surface area contributed by atoms with Crippen molar-refractivity contribution < 1.29 is 9.84 Å². The molecule has 0 amide bonds. The zero-order chi connectivity index (χ0) is 12.3. The van der Waals surface area contributed by atoms with Crippen LogP contribution in [0.1, 0.15) is 25.0 Å². The Morgan fingerprint density at radius 3 is 2.59 bits per heavy atom. The SMILES string of the molecule is CCOc1ccc(-c2csc(C(C)O)n2)cc1. The lowest BCUT2D eigenvalue weighted by Crippen LogP contribution is -1.91. The Morgan fingerprint density at radius 1 is 1.35 bits per heavy atom. The van der Waals surface area contributed by atoms with E-state index in [1.54, 1.807) is 6.92 Å². The maximum atomic E-state index is 9.43. The van der Waals surface area contributed by atoms with E-state index in [4.69, 9.17) is 4.74 Å². The van der Waals surface area contributed by atoms with E-state index in [-0.39, 0.29) is 0 Å². The molecule has 0 spiro atoms. The van der Waals surface area contributed by atoms with Gasteiger partial charge in [-0.05, 0) is 38.1 Å². The first-order valence-electron chi connectivity index (χ1n) is 5.57. The Morgan fingerprint density at radius 2 is 2.06 bits per heavy atom. The average molecular weight is 249 g/mol. The molecule has 17 heavy (non-hydrogen) atoms. The van der Waals surface area contributed by atoms with Crippen molar-refractivity contribution in [1.29, 1.82) is 0 Å². The summed E-state index contributed by atoms with van der Waals surface area (Å²) in [7, 11) is 0. The molecule has 0 fully saturated rings. The summed E-state index contributed by atoms with van der Waals surface area (Å²) in [5.74, 6) is 0.863. The first-order chi connectivity index (χ1) is 8.20. The quantitative estimate of drug-likeness (QED) is 0.904. The van der Waals surface area contributed by atoms with Gasteiger partial charge in [-0.15, -0.1) is 11.3 Å². The van der Waals surface area contributed by atoms with Crippen LogP contribution in [-0.4, -0.2) is 16.7 Å². The molecule has 0 saturated heterocycles. The molecule has 4 heteroatoms. The Balaban J connectivity index is 2.21. The summed E-state index contributed by atoms with van der Waals surface area (Å²) in [5, 5.41) is 12.1. The van der Waals surface area contributed by atoms with Crippen LogP contribution in [0.25, 0.3) is 11.3 Å². The molecule has 1 unspecified atom stereocenters. The average Bonchev–Trinajstić information content (AvgIpc) is 2.80. The van der Waals surface area contributed by atoms with Crippen LogP contribution >= 0.6 is 11.3 Å². The lowest BCUT2D eigenvalue weighted by molar-refractivity contribution is 0.199. The van der Waals surface area contributed by atoms with Crippen molar-refractivity contribution in [2.75, 3.05) is 6.61 Å². The van der Waals surface area contributed by atoms with Crippen LogP contribution < -0.4 is 4.74 Å². The smallest absolute Gasteiger partial charge is 0.122 e. The normalized spacial score (nSPS) is 12.4. The molecule has 0 aliphatic carbocycles. The fourth-order valence-corrected chi connectivity index (χ4v) is 2.27. The first kappa shape index (κ1) is 12.1. The van der Waals surface area contributed by atoms with E-state index in [2.05, 4.69) is 4.98 Å². The molecule has 0 saturated carbocycles. The minimum absolute atomic E-state index is 0.503. The molecule has 1 N–H and O–H groups in total. The van der Waals surface area contributed by atoms with Crippen LogP contribution in [-0.2, 0) is 0 Å². The molecule has 2 rings (SSSR count). The summed E-state index contributed by atoms with van der Waals surface area (Å²) >= 11 is 1.47. The molecule has 1 atom stereocenters. The highest BCUT2D eigenvalue weighted by atomic mass is 32.1. The predicted octanol–water partition coefficient (Wildman–Crippen LogP) is 3.26. The van der Waals surface area contributed by atoms with Crippen LogP contribution in [0.15, 0.2) is 29.6 Å². The standard InChI is InChI=1S/C13H15NO2S/c1-3-16-11-6-4-10(5-7-11)12-8-17-13(14-12)9(2)15/h4-9,15H,3H2,1-2H3. The van der Waals surface area contributed by atoms with Crippen molar-refractivity contribution >= 4 is 11.3 Å². The third-order valence-corrected chi connectivity index (χ3v) is 3.36. The van der Waals surface area contributed by atoms with E-state index in [1.165, 1.54) is 11.3 Å². The highest BCUT2D eigenvalue weighted by Crippen LogP contribution is 2.26. The van der Waals surface area contributed by atoms with Crippen LogP contribution in [0, 0.1) is 0 Å². The van der Waals surface area contributed by atoms with Crippen LogP contribution in [0.4, 0.5) is 0 Å². The number of nitrogens with zero attached hydrogens (tertiary/aromatic N) is 1. The number of benzene rings is 1. The third kappa shape index (κ3) is 2.84. The van der Waals surface area contributed by atoms with Crippen molar-refractivity contribution in [2.45, 2.75) is 20.0 Å². The highest BCUT2D eigenvalue weighted by molar-refractivity contribution is 7.10. The number of thiazole rings is 1. The lowest BCUT2D eigenvalue weighted by Gasteiger charge is -2.03. The molecule has 1 aromatic heterocycles. The van der Waals surface area contributed by atoms with E-state index >= 15 is 0 Å². The number of hydrogen-bond donors (Lipinski definition) is 1. The molecule has 0 bridgehead atoms. The highest BCUT2D eigenvalue weighted by Gasteiger charge is 2.08. The Labute approximate surface area is 105 Å². The van der Waals surface area contributed by atoms with Crippen molar-refractivity contribution in [3.8, 4) is 17.0 Å². The second-order valence-corrected chi connectivity index (χ2v) is 4.59. The predicted molar refractivity (Wildman–Crippen MR) is 69.4 cm³/mol. The van der Waals surface area contributed by atoms with E-state index in [0.717, 1.165) is 22.0 Å². The van der Waals surface area contributed by atoms with Gasteiger partial charge in [0, 0.05) is 10.9 Å². The number of aromatic nitrogens is 1. The van der Waals surface area contributed by atoms with Gasteiger partial charge in [0.2, 0.25) is 0 Å². The molecule has 0 aliphatic heterocycles. The van der Waals surface area contributed by atoms with Crippen molar-refractivity contribution in [3.63, 3.8) is 0 Å². The maximum absolute atomic E-state index is 9.43. The Kier molecular flexibility index (Phi) is 3.76. The fraction of sp³-hybridized carbons (Fsp3) is 0.308. The summed E-state index contributed by atoms with van der Waals surface area (Å²) in [6.07, 6.45) is -0.503. The minimum Gasteiger partial charge on any atom is -0.494 e. The van der Waals surface area contributed by atoms with Gasteiger partial charge in [-0.1, -0.05) is 0 Å². The van der Waals surface area contributed by atoms with Crippen molar-refractivity contribution in [2.24, 2.45) is 0 Å². The lowest BCUT2D eigenvalue weighted by atomic mass is 10.2. The van der Waals surface area contributed by atoms with Gasteiger partial charge in [-0.2, -0.15) is 0 Å². The third-order valence-electron chi connectivity index (χ3n) is 2.34. The molecule has 0 aliphatic rings. The van der Waals surface area contributed by atoms with Crippen molar-refractivity contribution in [3.05, 3.63) is 34.7 Å². The molecule has 90 valence electrons. The Bertz CT molecular complexity index is 476. The summed E-state index contributed by atoms with van der Waals surface area (Å²) in [6, 6.07) is 7.82. The molecular weight excluding hydrogens is 234 g/mol. The largest absolute Gasteiger partial charge is 0.494 e. The van der Waals surface area contributed by atoms with E-state index in [9.17, 15) is 5.11 Å². The zero-order valence-electron chi connectivity index (χ0n) is 9.88. The number of ether oxygens (including phenoxy) is 1. The number of aliphatic hydroxyl groups is 1. The maximum Gasteiger partial charge on any atom is 0.122 e. The van der Waals surface area contributed by atoms with Gasteiger partial charge in [0.05, 0.1) is 12.3 Å². The fourth-order valence-electron chi connectivity index (χ4n) is 1.50. The molecule has 1 heterocycles. The molecule has 1 aromatic carbocycles. The van der Waals surface area contributed by atoms with E-state index in [0.29, 0.717) is 6.61 Å². The van der Waals surface area contributed by atoms with Gasteiger partial charge in [0.1, 0.15) is 16.9 Å². The number of rotatable bonds is 4. The van der Waals surface area contributed by atoms with Gasteiger partial charge in [-0.25, -0.2) is 4.98 Å². The number of aliphatic hydroxyl groups excluding tert-OH is 1. The van der Waals surface area contributed by atoms with Gasteiger partial charge < -0.3 is 9.84 Å². The molecule has 3 nitrogen and oxygen atoms in total. The number of hydrogen-bond acceptors (Lipinski definition) is 4. The van der Waals surface area contributed by atoms with Gasteiger partial charge in [-0.3, -0.25) is 0 Å². The van der Waals surface area contributed by atoms with E-state index < -0.39 is 6.10 Å². The van der Waals surface area contributed by atoms with Crippen molar-refractivity contribution in [1.82, 2.24) is 4.98 Å². The van der Waals surface area contributed by atoms with Crippen LogP contribution in [0.5, 0.6) is 5.75 Å². The van der Waals surface area contributed by atoms with Crippen LogP contribution in [0.3, 0.4) is 0 Å². The summed E-state index contributed by atoms with van der Waals surface area (Å²) < 4.78 is 5.38. The molecule has 0 radical (unpaired) electrons. The zero-order valence-corrected chi connectivity index (χ0v) is 10.7. The van der Waals surface area contributed by atoms with Crippen LogP contribution in [0.2, 0.25) is 0 Å². The second kappa shape index (κ2) is 5.29. The van der Waals surface area contributed by atoms with Gasteiger partial charge in [0.15, 0.2) is 0 Å². The topological polar surface area (TPSA) is 42.4 Å². The molecule has 2 aromatic rings. The Hall–Kier alpha value is -1.39. The molecular formula is C13H15NO2S. The summed E-state index contributed by atoms with van der Waals surface area (Å²) in [6.45, 7) is 4.35. The summed E-state index contributed by atoms with van der Waals surface area (Å²) in [4.78, 5) is 4.38. The second-order valence-electron chi connectivity index (χ2n) is 3.70. The minimum atomic E-state index is -0.503.